The van der Waals surface area contributed by atoms with E-state index in [4.69, 9.17) is 5.11 Å². The Balaban J connectivity index is 2.02. The van der Waals surface area contributed by atoms with E-state index in [0.29, 0.717) is 18.4 Å². The standard InChI is InChI=1S/C16H20FNO2/c1-10-5-11(2)7-12(6-10)9-18-15-8-13(16(19)20)3-4-14(15)17/h3-5,8,10,12,18H,6-7,9H2,1-2H3,(H,19,20). The van der Waals surface area contributed by atoms with E-state index in [-0.39, 0.29) is 11.3 Å². The topological polar surface area (TPSA) is 49.3 Å². The minimum Gasteiger partial charge on any atom is -0.478 e. The van der Waals surface area contributed by atoms with E-state index in [1.165, 1.54) is 23.8 Å². The van der Waals surface area contributed by atoms with Gasteiger partial charge in [0.2, 0.25) is 0 Å². The maximum absolute atomic E-state index is 13.7. The third-order valence-corrected chi connectivity index (χ3v) is 3.68. The number of halogens is 1. The number of anilines is 1. The van der Waals surface area contributed by atoms with Gasteiger partial charge < -0.3 is 10.4 Å². The Morgan fingerprint density at radius 1 is 1.50 bits per heavy atom. The van der Waals surface area contributed by atoms with Gasteiger partial charge in [0.15, 0.2) is 0 Å². The molecule has 0 aromatic heterocycles. The van der Waals surface area contributed by atoms with E-state index >= 15 is 0 Å². The minimum atomic E-state index is -1.04. The molecule has 1 aromatic carbocycles. The van der Waals surface area contributed by atoms with Crippen LogP contribution in [0.1, 0.15) is 37.0 Å². The van der Waals surface area contributed by atoms with Crippen molar-refractivity contribution in [2.24, 2.45) is 11.8 Å². The number of carboxylic acids is 1. The molecular formula is C16H20FNO2. The van der Waals surface area contributed by atoms with Crippen LogP contribution < -0.4 is 5.32 Å². The summed E-state index contributed by atoms with van der Waals surface area (Å²) in [5.74, 6) is -0.446. The van der Waals surface area contributed by atoms with E-state index in [2.05, 4.69) is 25.2 Å². The molecule has 0 amide bonds. The average molecular weight is 277 g/mol. The highest BCUT2D eigenvalue weighted by molar-refractivity contribution is 5.88. The lowest BCUT2D eigenvalue weighted by Gasteiger charge is -2.26. The molecule has 0 saturated heterocycles. The van der Waals surface area contributed by atoms with Crippen LogP contribution in [0.3, 0.4) is 0 Å². The van der Waals surface area contributed by atoms with Crippen molar-refractivity contribution in [3.63, 3.8) is 0 Å². The monoisotopic (exact) mass is 277 g/mol. The molecule has 108 valence electrons. The van der Waals surface area contributed by atoms with Crippen molar-refractivity contribution in [1.29, 1.82) is 0 Å². The van der Waals surface area contributed by atoms with Gasteiger partial charge in [-0.05, 0) is 49.8 Å². The predicted molar refractivity (Wildman–Crippen MR) is 77.5 cm³/mol. The van der Waals surface area contributed by atoms with Crippen LogP contribution in [0.25, 0.3) is 0 Å². The lowest BCUT2D eigenvalue weighted by atomic mass is 9.84. The summed E-state index contributed by atoms with van der Waals surface area (Å²) < 4.78 is 13.7. The molecule has 2 rings (SSSR count). The molecule has 2 N–H and O–H groups in total. The van der Waals surface area contributed by atoms with Gasteiger partial charge in [-0.3, -0.25) is 0 Å². The highest BCUT2D eigenvalue weighted by Gasteiger charge is 2.18. The summed E-state index contributed by atoms with van der Waals surface area (Å²) >= 11 is 0. The van der Waals surface area contributed by atoms with E-state index in [1.807, 2.05) is 0 Å². The zero-order valence-corrected chi connectivity index (χ0v) is 11.8. The molecule has 3 nitrogen and oxygen atoms in total. The van der Waals surface area contributed by atoms with Crippen molar-refractivity contribution in [3.8, 4) is 0 Å². The van der Waals surface area contributed by atoms with E-state index in [1.54, 1.807) is 0 Å². The number of aromatic carboxylic acids is 1. The van der Waals surface area contributed by atoms with Crippen LogP contribution in [-0.2, 0) is 0 Å². The molecule has 0 fully saturated rings. The van der Waals surface area contributed by atoms with Gasteiger partial charge in [-0.25, -0.2) is 9.18 Å². The van der Waals surface area contributed by atoms with E-state index in [9.17, 15) is 9.18 Å². The van der Waals surface area contributed by atoms with Crippen LogP contribution in [0.4, 0.5) is 10.1 Å². The second-order valence-corrected chi connectivity index (χ2v) is 5.68. The van der Waals surface area contributed by atoms with E-state index < -0.39 is 11.8 Å². The molecular weight excluding hydrogens is 257 g/mol. The van der Waals surface area contributed by atoms with Crippen molar-refractivity contribution in [1.82, 2.24) is 0 Å². The molecule has 1 aliphatic carbocycles. The van der Waals surface area contributed by atoms with Crippen LogP contribution in [0.5, 0.6) is 0 Å². The molecule has 2 atom stereocenters. The normalized spacial score (nSPS) is 22.2. The van der Waals surface area contributed by atoms with Crippen molar-refractivity contribution in [3.05, 3.63) is 41.2 Å². The van der Waals surface area contributed by atoms with Gasteiger partial charge >= 0.3 is 5.97 Å². The molecule has 0 heterocycles. The Morgan fingerprint density at radius 2 is 2.25 bits per heavy atom. The van der Waals surface area contributed by atoms with Crippen LogP contribution in [0.2, 0.25) is 0 Å². The first-order chi connectivity index (χ1) is 9.45. The first kappa shape index (κ1) is 14.6. The largest absolute Gasteiger partial charge is 0.478 e. The smallest absolute Gasteiger partial charge is 0.335 e. The zero-order valence-electron chi connectivity index (χ0n) is 11.8. The highest BCUT2D eigenvalue weighted by Crippen LogP contribution is 2.28. The zero-order chi connectivity index (χ0) is 14.7. The molecule has 4 heteroatoms. The quantitative estimate of drug-likeness (QED) is 0.820. The third-order valence-electron chi connectivity index (χ3n) is 3.68. The summed E-state index contributed by atoms with van der Waals surface area (Å²) in [5.41, 5.74) is 1.74. The number of benzene rings is 1. The maximum Gasteiger partial charge on any atom is 0.335 e. The van der Waals surface area contributed by atoms with Gasteiger partial charge in [-0.15, -0.1) is 0 Å². The van der Waals surface area contributed by atoms with Gasteiger partial charge in [-0.2, -0.15) is 0 Å². The van der Waals surface area contributed by atoms with Gasteiger partial charge in [0.05, 0.1) is 11.3 Å². The Morgan fingerprint density at radius 3 is 2.90 bits per heavy atom. The Bertz CT molecular complexity index is 539. The summed E-state index contributed by atoms with van der Waals surface area (Å²) in [6, 6.07) is 3.82. The lowest BCUT2D eigenvalue weighted by Crippen LogP contribution is -2.20. The maximum atomic E-state index is 13.7. The summed E-state index contributed by atoms with van der Waals surface area (Å²) in [6.45, 7) is 4.96. The van der Waals surface area contributed by atoms with Gasteiger partial charge in [0.1, 0.15) is 5.82 Å². The van der Waals surface area contributed by atoms with Crippen molar-refractivity contribution >= 4 is 11.7 Å². The summed E-state index contributed by atoms with van der Waals surface area (Å²) in [5, 5.41) is 12.0. The third kappa shape index (κ3) is 3.59. The summed E-state index contributed by atoms with van der Waals surface area (Å²) in [6.07, 6.45) is 4.37. The number of rotatable bonds is 4. The molecule has 0 aliphatic heterocycles. The van der Waals surface area contributed by atoms with Gasteiger partial charge in [0, 0.05) is 6.54 Å². The van der Waals surface area contributed by atoms with Crippen LogP contribution >= 0.6 is 0 Å². The fraction of sp³-hybridized carbons (Fsp3) is 0.438. The average Bonchev–Trinajstić information content (AvgIpc) is 2.36. The Labute approximate surface area is 118 Å². The van der Waals surface area contributed by atoms with Crippen LogP contribution in [0, 0.1) is 17.7 Å². The lowest BCUT2D eigenvalue weighted by molar-refractivity contribution is 0.0697. The molecule has 2 unspecified atom stereocenters. The van der Waals surface area contributed by atoms with Crippen LogP contribution in [0.15, 0.2) is 29.8 Å². The van der Waals surface area contributed by atoms with Crippen molar-refractivity contribution in [2.75, 3.05) is 11.9 Å². The number of hydrogen-bond donors (Lipinski definition) is 2. The fourth-order valence-electron chi connectivity index (χ4n) is 2.89. The predicted octanol–water partition coefficient (Wildman–Crippen LogP) is 3.93. The second-order valence-electron chi connectivity index (χ2n) is 5.68. The summed E-state index contributed by atoms with van der Waals surface area (Å²) in [7, 11) is 0. The Kier molecular flexibility index (Phi) is 4.42. The number of allylic oxidation sites excluding steroid dienone is 2. The Hall–Kier alpha value is -1.84. The molecule has 0 bridgehead atoms. The first-order valence-corrected chi connectivity index (χ1v) is 6.89. The second kappa shape index (κ2) is 6.07. The highest BCUT2D eigenvalue weighted by atomic mass is 19.1. The fourth-order valence-corrected chi connectivity index (χ4v) is 2.89. The number of nitrogens with one attached hydrogen (secondary N) is 1. The molecule has 0 saturated carbocycles. The van der Waals surface area contributed by atoms with Gasteiger partial charge in [0.25, 0.3) is 0 Å². The summed E-state index contributed by atoms with van der Waals surface area (Å²) in [4.78, 5) is 10.9. The van der Waals surface area contributed by atoms with Crippen molar-refractivity contribution in [2.45, 2.75) is 26.7 Å². The molecule has 0 spiro atoms. The van der Waals surface area contributed by atoms with Gasteiger partial charge in [-0.1, -0.05) is 18.6 Å². The minimum absolute atomic E-state index is 0.0991. The number of carbonyl (C=O) groups is 1. The molecule has 1 aromatic rings. The number of hydrogen-bond acceptors (Lipinski definition) is 2. The van der Waals surface area contributed by atoms with Crippen molar-refractivity contribution < 1.29 is 14.3 Å². The number of carboxylic acid groups (broad SMARTS) is 1. The van der Waals surface area contributed by atoms with E-state index in [0.717, 1.165) is 12.8 Å². The molecule has 20 heavy (non-hydrogen) atoms. The SMILES string of the molecule is CC1=CC(C)CC(CNc2cc(C(=O)O)ccc2F)C1. The first-order valence-electron chi connectivity index (χ1n) is 6.89. The molecule has 0 radical (unpaired) electrons. The van der Waals surface area contributed by atoms with Crippen LogP contribution in [-0.4, -0.2) is 17.6 Å². The molecule has 1 aliphatic rings.